The highest BCUT2D eigenvalue weighted by molar-refractivity contribution is 5.95. The monoisotopic (exact) mass is 336 g/mol. The van der Waals surface area contributed by atoms with Crippen LogP contribution in [0.5, 0.6) is 0 Å². The average molecular weight is 336 g/mol. The number of halogens is 1. The van der Waals surface area contributed by atoms with Crippen LogP contribution in [0.4, 0.5) is 14.9 Å². The van der Waals surface area contributed by atoms with E-state index in [9.17, 15) is 14.0 Å². The molecule has 1 heterocycles. The van der Waals surface area contributed by atoms with E-state index in [-0.39, 0.29) is 22.6 Å². The Kier molecular flexibility index (Phi) is 5.77. The Hall–Kier alpha value is -2.15. The Labute approximate surface area is 141 Å². The van der Waals surface area contributed by atoms with Crippen molar-refractivity contribution in [3.63, 3.8) is 0 Å². The van der Waals surface area contributed by atoms with E-state index in [1.807, 2.05) is 20.8 Å². The van der Waals surface area contributed by atoms with Gasteiger partial charge >= 0.3 is 6.03 Å². The molecule has 2 rings (SSSR count). The number of carbonyl (C=O) groups is 2. The van der Waals surface area contributed by atoms with Gasteiger partial charge in [-0.15, -0.1) is 0 Å². The molecular weight excluding hydrogens is 311 g/mol. The minimum atomic E-state index is -0.623. The summed E-state index contributed by atoms with van der Waals surface area (Å²) in [6.45, 7) is 9.13. The molecule has 0 aliphatic carbocycles. The van der Waals surface area contributed by atoms with Crippen LogP contribution in [0.1, 0.15) is 31.1 Å². The van der Waals surface area contributed by atoms with Crippen molar-refractivity contribution in [3.8, 4) is 0 Å². The van der Waals surface area contributed by atoms with Gasteiger partial charge in [0.15, 0.2) is 0 Å². The average Bonchev–Trinajstić information content (AvgIpc) is 2.54. The number of benzene rings is 1. The first-order valence-electron chi connectivity index (χ1n) is 8.11. The van der Waals surface area contributed by atoms with Gasteiger partial charge in [0.2, 0.25) is 0 Å². The Morgan fingerprint density at radius 3 is 2.50 bits per heavy atom. The molecule has 1 aliphatic heterocycles. The number of anilines is 1. The molecule has 0 bridgehead atoms. The lowest BCUT2D eigenvalue weighted by atomic mass is 9.97. The van der Waals surface area contributed by atoms with Crippen molar-refractivity contribution in [2.45, 2.75) is 20.8 Å². The van der Waals surface area contributed by atoms with Crippen molar-refractivity contribution in [3.05, 3.63) is 29.6 Å². The molecule has 0 unspecified atom stereocenters. The van der Waals surface area contributed by atoms with Crippen LogP contribution in [0.25, 0.3) is 0 Å². The van der Waals surface area contributed by atoms with Crippen molar-refractivity contribution in [1.82, 2.24) is 15.5 Å². The second kappa shape index (κ2) is 7.61. The van der Waals surface area contributed by atoms with E-state index in [4.69, 9.17) is 0 Å². The standard InChI is InChI=1S/C17H25FN4O2/c1-17(2,3)11-20-16(24)21-14-5-4-12(10-13(14)18)15(23)22-8-6-19-7-9-22/h4-5,10,19H,6-9,11H2,1-3H3,(H2,20,21,24). The molecule has 3 N–H and O–H groups in total. The number of nitrogens with one attached hydrogen (secondary N) is 3. The molecule has 7 heteroatoms. The zero-order chi connectivity index (χ0) is 17.7. The maximum atomic E-state index is 14.2. The van der Waals surface area contributed by atoms with Crippen LogP contribution >= 0.6 is 0 Å². The Bertz CT molecular complexity index is 607. The van der Waals surface area contributed by atoms with Crippen molar-refractivity contribution >= 4 is 17.6 Å². The predicted molar refractivity (Wildman–Crippen MR) is 91.6 cm³/mol. The smallest absolute Gasteiger partial charge is 0.319 e. The van der Waals surface area contributed by atoms with Gasteiger partial charge in [0, 0.05) is 38.3 Å². The molecule has 1 fully saturated rings. The molecule has 0 atom stereocenters. The molecule has 0 aromatic heterocycles. The first-order valence-corrected chi connectivity index (χ1v) is 8.11. The zero-order valence-corrected chi connectivity index (χ0v) is 14.4. The maximum Gasteiger partial charge on any atom is 0.319 e. The number of nitrogens with zero attached hydrogens (tertiary/aromatic N) is 1. The molecule has 6 nitrogen and oxygen atoms in total. The summed E-state index contributed by atoms with van der Waals surface area (Å²) < 4.78 is 14.2. The quantitative estimate of drug-likeness (QED) is 0.791. The first-order chi connectivity index (χ1) is 11.3. The van der Waals surface area contributed by atoms with E-state index in [2.05, 4.69) is 16.0 Å². The van der Waals surface area contributed by atoms with Crippen molar-refractivity contribution < 1.29 is 14.0 Å². The van der Waals surface area contributed by atoms with E-state index in [0.717, 1.165) is 13.1 Å². The van der Waals surface area contributed by atoms with Gasteiger partial charge in [-0.05, 0) is 23.6 Å². The minimum Gasteiger partial charge on any atom is -0.337 e. The Morgan fingerprint density at radius 1 is 1.25 bits per heavy atom. The van der Waals surface area contributed by atoms with E-state index in [0.29, 0.717) is 19.6 Å². The van der Waals surface area contributed by atoms with Crippen LogP contribution in [-0.2, 0) is 0 Å². The van der Waals surface area contributed by atoms with Crippen LogP contribution in [0.2, 0.25) is 0 Å². The van der Waals surface area contributed by atoms with Crippen molar-refractivity contribution in [1.29, 1.82) is 0 Å². The normalized spacial score (nSPS) is 15.1. The van der Waals surface area contributed by atoms with Crippen LogP contribution in [0.3, 0.4) is 0 Å². The minimum absolute atomic E-state index is 0.0540. The van der Waals surface area contributed by atoms with Gasteiger partial charge in [0.1, 0.15) is 5.82 Å². The second-order valence-electron chi connectivity index (χ2n) is 7.11. The summed E-state index contributed by atoms with van der Waals surface area (Å²) in [5, 5.41) is 8.32. The lowest BCUT2D eigenvalue weighted by Crippen LogP contribution is -2.46. The highest BCUT2D eigenvalue weighted by atomic mass is 19.1. The lowest BCUT2D eigenvalue weighted by Gasteiger charge is -2.27. The topological polar surface area (TPSA) is 73.5 Å². The molecule has 1 aliphatic rings. The molecule has 0 radical (unpaired) electrons. The van der Waals surface area contributed by atoms with E-state index in [1.54, 1.807) is 4.90 Å². The SMILES string of the molecule is CC(C)(C)CNC(=O)Nc1ccc(C(=O)N2CCNCC2)cc1F. The van der Waals surface area contributed by atoms with Gasteiger partial charge in [-0.2, -0.15) is 0 Å². The highest BCUT2D eigenvalue weighted by Gasteiger charge is 2.19. The Morgan fingerprint density at radius 2 is 1.92 bits per heavy atom. The number of hydrogen-bond donors (Lipinski definition) is 3. The number of rotatable bonds is 3. The van der Waals surface area contributed by atoms with Gasteiger partial charge in [-0.3, -0.25) is 4.79 Å². The molecule has 0 spiro atoms. The highest BCUT2D eigenvalue weighted by Crippen LogP contribution is 2.17. The summed E-state index contributed by atoms with van der Waals surface area (Å²) in [6.07, 6.45) is 0. The summed E-state index contributed by atoms with van der Waals surface area (Å²) in [6, 6.07) is 3.66. The molecule has 1 saturated heterocycles. The number of urea groups is 1. The van der Waals surface area contributed by atoms with Gasteiger partial charge in [-0.1, -0.05) is 20.8 Å². The molecule has 1 aromatic rings. The van der Waals surface area contributed by atoms with Crippen LogP contribution in [0.15, 0.2) is 18.2 Å². The third-order valence-corrected chi connectivity index (χ3v) is 3.65. The first kappa shape index (κ1) is 18.2. The largest absolute Gasteiger partial charge is 0.337 e. The lowest BCUT2D eigenvalue weighted by molar-refractivity contribution is 0.0735. The number of piperazine rings is 1. The predicted octanol–water partition coefficient (Wildman–Crippen LogP) is 2.04. The third-order valence-electron chi connectivity index (χ3n) is 3.65. The molecule has 0 saturated carbocycles. The number of amides is 3. The van der Waals surface area contributed by atoms with E-state index >= 15 is 0 Å². The van der Waals surface area contributed by atoms with Crippen molar-refractivity contribution in [2.75, 3.05) is 38.0 Å². The molecule has 132 valence electrons. The Balaban J connectivity index is 1.98. The fourth-order valence-corrected chi connectivity index (χ4v) is 2.31. The zero-order valence-electron chi connectivity index (χ0n) is 14.4. The van der Waals surface area contributed by atoms with Crippen LogP contribution in [0, 0.1) is 11.2 Å². The van der Waals surface area contributed by atoms with Gasteiger partial charge in [0.05, 0.1) is 5.69 Å². The molecule has 1 aromatic carbocycles. The summed E-state index contributed by atoms with van der Waals surface area (Å²) >= 11 is 0. The fraction of sp³-hybridized carbons (Fsp3) is 0.529. The molecular formula is C17H25FN4O2. The van der Waals surface area contributed by atoms with Crippen LogP contribution in [-0.4, -0.2) is 49.6 Å². The van der Waals surface area contributed by atoms with Gasteiger partial charge in [0.25, 0.3) is 5.91 Å². The van der Waals surface area contributed by atoms with Crippen LogP contribution < -0.4 is 16.0 Å². The summed E-state index contributed by atoms with van der Waals surface area (Å²) in [5.41, 5.74) is 0.281. The second-order valence-corrected chi connectivity index (χ2v) is 7.11. The van der Waals surface area contributed by atoms with Gasteiger partial charge < -0.3 is 20.9 Å². The molecule has 3 amide bonds. The van der Waals surface area contributed by atoms with Crippen molar-refractivity contribution in [2.24, 2.45) is 5.41 Å². The number of hydrogen-bond acceptors (Lipinski definition) is 3. The third kappa shape index (κ3) is 5.19. The molecule has 24 heavy (non-hydrogen) atoms. The van der Waals surface area contributed by atoms with E-state index < -0.39 is 11.8 Å². The van der Waals surface area contributed by atoms with Gasteiger partial charge in [-0.25, -0.2) is 9.18 Å². The summed E-state index contributed by atoms with van der Waals surface area (Å²) in [4.78, 5) is 25.8. The number of carbonyl (C=O) groups excluding carboxylic acids is 2. The fourth-order valence-electron chi connectivity index (χ4n) is 2.31. The summed E-state index contributed by atoms with van der Waals surface area (Å²) in [5.74, 6) is -0.818. The maximum absolute atomic E-state index is 14.2. The summed E-state index contributed by atoms with van der Waals surface area (Å²) in [7, 11) is 0. The van der Waals surface area contributed by atoms with E-state index in [1.165, 1.54) is 18.2 Å².